The van der Waals surface area contributed by atoms with Crippen LogP contribution in [-0.2, 0) is 14.8 Å². The van der Waals surface area contributed by atoms with Gasteiger partial charge in [0.25, 0.3) is 5.91 Å². The lowest BCUT2D eigenvalue weighted by molar-refractivity contribution is 0.0977. The number of ether oxygens (including phenoxy) is 1. The first kappa shape index (κ1) is 14.3. The predicted octanol–water partition coefficient (Wildman–Crippen LogP) is 0.641. The molecule has 2 rings (SSSR count). The van der Waals surface area contributed by atoms with Crippen LogP contribution < -0.4 is 4.72 Å². The van der Waals surface area contributed by atoms with Gasteiger partial charge >= 0.3 is 0 Å². The maximum absolute atomic E-state index is 11.9. The molecule has 0 saturated heterocycles. The summed E-state index contributed by atoms with van der Waals surface area (Å²) >= 11 is 0. The van der Waals surface area contributed by atoms with Crippen molar-refractivity contribution < 1.29 is 26.8 Å². The summed E-state index contributed by atoms with van der Waals surface area (Å²) in [7, 11) is -2.43. The fraction of sp³-hybridized carbons (Fsp3) is 0.273. The number of sulfonamides is 1. The Morgan fingerprint density at radius 1 is 1.45 bits per heavy atom. The molecule has 0 aliphatic heterocycles. The number of rotatable bonds is 6. The molecule has 2 heterocycles. The molecule has 0 saturated carbocycles. The normalized spacial score (nSPS) is 11.4. The molecule has 108 valence electrons. The Morgan fingerprint density at radius 2 is 2.25 bits per heavy atom. The van der Waals surface area contributed by atoms with Gasteiger partial charge < -0.3 is 13.6 Å². The monoisotopic (exact) mass is 300 g/mol. The van der Waals surface area contributed by atoms with Gasteiger partial charge in [-0.25, -0.2) is 18.1 Å². The van der Waals surface area contributed by atoms with E-state index < -0.39 is 15.9 Å². The summed E-state index contributed by atoms with van der Waals surface area (Å²) in [4.78, 5) is 15.6. The Morgan fingerprint density at radius 3 is 2.90 bits per heavy atom. The number of nitrogens with zero attached hydrogens (tertiary/aromatic N) is 1. The maximum atomic E-state index is 11.9. The van der Waals surface area contributed by atoms with E-state index in [0.717, 1.165) is 6.39 Å². The molecule has 0 radical (unpaired) electrons. The minimum atomic E-state index is -3.79. The van der Waals surface area contributed by atoms with Crippen molar-refractivity contribution in [1.29, 1.82) is 0 Å². The molecule has 2 aromatic rings. The molecule has 20 heavy (non-hydrogen) atoms. The van der Waals surface area contributed by atoms with Gasteiger partial charge in [0.05, 0.1) is 18.6 Å². The van der Waals surface area contributed by atoms with E-state index in [0.29, 0.717) is 0 Å². The number of nitrogens with one attached hydrogen (secondary N) is 1. The number of carbonyl (C=O) groups is 1. The van der Waals surface area contributed by atoms with Gasteiger partial charge in [0, 0.05) is 7.11 Å². The van der Waals surface area contributed by atoms with Gasteiger partial charge in [-0.05, 0) is 12.1 Å². The third kappa shape index (κ3) is 3.25. The lowest BCUT2D eigenvalue weighted by Gasteiger charge is -2.05. The van der Waals surface area contributed by atoms with Gasteiger partial charge in [-0.15, -0.1) is 0 Å². The summed E-state index contributed by atoms with van der Waals surface area (Å²) in [6.45, 7) is -0.0214. The highest BCUT2D eigenvalue weighted by molar-refractivity contribution is 7.90. The van der Waals surface area contributed by atoms with E-state index in [2.05, 4.69) is 9.72 Å². The molecular formula is C11H12N2O6S. The van der Waals surface area contributed by atoms with Gasteiger partial charge in [-0.1, -0.05) is 0 Å². The van der Waals surface area contributed by atoms with Crippen LogP contribution >= 0.6 is 0 Å². The van der Waals surface area contributed by atoms with Gasteiger partial charge in [-0.2, -0.15) is 0 Å². The van der Waals surface area contributed by atoms with Crippen molar-refractivity contribution in [2.75, 3.05) is 19.5 Å². The van der Waals surface area contributed by atoms with Crippen LogP contribution in [0, 0.1) is 0 Å². The smallest absolute Gasteiger partial charge is 0.287 e. The van der Waals surface area contributed by atoms with Crippen LogP contribution in [0.5, 0.6) is 0 Å². The van der Waals surface area contributed by atoms with Crippen LogP contribution in [0.15, 0.2) is 33.6 Å². The molecule has 0 unspecified atom stereocenters. The third-order valence-electron chi connectivity index (χ3n) is 2.33. The first-order valence-corrected chi connectivity index (χ1v) is 7.20. The quantitative estimate of drug-likeness (QED) is 0.833. The van der Waals surface area contributed by atoms with Crippen LogP contribution in [0.2, 0.25) is 0 Å². The summed E-state index contributed by atoms with van der Waals surface area (Å²) in [5.74, 6) is -0.874. The summed E-state index contributed by atoms with van der Waals surface area (Å²) in [6, 6.07) is 3.17. The second-order valence-electron chi connectivity index (χ2n) is 3.75. The fourth-order valence-electron chi connectivity index (χ4n) is 1.42. The first-order valence-electron chi connectivity index (χ1n) is 5.54. The van der Waals surface area contributed by atoms with E-state index in [1.807, 2.05) is 4.72 Å². The summed E-state index contributed by atoms with van der Waals surface area (Å²) in [6.07, 6.45) is 2.43. The number of oxazole rings is 1. The Labute approximate surface area is 114 Å². The van der Waals surface area contributed by atoms with E-state index >= 15 is 0 Å². The third-order valence-corrected chi connectivity index (χ3v) is 3.53. The highest BCUT2D eigenvalue weighted by atomic mass is 32.2. The van der Waals surface area contributed by atoms with Gasteiger partial charge in [0.2, 0.25) is 15.8 Å². The molecular weight excluding hydrogens is 288 g/mol. The van der Waals surface area contributed by atoms with Gasteiger partial charge in [-0.3, -0.25) is 4.79 Å². The first-order chi connectivity index (χ1) is 9.53. The fourth-order valence-corrected chi connectivity index (χ4v) is 2.29. The minimum Gasteiger partial charge on any atom is -0.461 e. The number of hydrogen-bond donors (Lipinski definition) is 1. The second-order valence-corrected chi connectivity index (χ2v) is 5.59. The van der Waals surface area contributed by atoms with Crippen molar-refractivity contribution in [3.8, 4) is 11.5 Å². The molecule has 8 nitrogen and oxygen atoms in total. The van der Waals surface area contributed by atoms with Crippen LogP contribution in [0.1, 0.15) is 10.5 Å². The lowest BCUT2D eigenvalue weighted by Crippen LogP contribution is -2.34. The van der Waals surface area contributed by atoms with Crippen molar-refractivity contribution in [3.63, 3.8) is 0 Å². The molecule has 0 atom stereocenters. The highest BCUT2D eigenvalue weighted by Crippen LogP contribution is 2.23. The zero-order chi connectivity index (χ0) is 14.6. The van der Waals surface area contributed by atoms with Gasteiger partial charge in [0.15, 0.2) is 17.8 Å². The van der Waals surface area contributed by atoms with Crippen LogP contribution in [0.3, 0.4) is 0 Å². The Kier molecular flexibility index (Phi) is 4.20. The zero-order valence-electron chi connectivity index (χ0n) is 10.5. The van der Waals surface area contributed by atoms with E-state index in [-0.39, 0.29) is 29.6 Å². The Balaban J connectivity index is 2.17. The Hall–Kier alpha value is -2.13. The summed E-state index contributed by atoms with van der Waals surface area (Å²) in [5.41, 5.74) is -0.166. The molecule has 0 bridgehead atoms. The number of methoxy groups -OCH3 is 1. The van der Waals surface area contributed by atoms with E-state index in [1.54, 1.807) is 12.1 Å². The molecule has 2 aromatic heterocycles. The largest absolute Gasteiger partial charge is 0.461 e. The Bertz CT molecular complexity index is 674. The van der Waals surface area contributed by atoms with E-state index in [4.69, 9.17) is 8.83 Å². The molecule has 0 aromatic carbocycles. The van der Waals surface area contributed by atoms with Crippen LogP contribution in [0.4, 0.5) is 0 Å². The van der Waals surface area contributed by atoms with Crippen LogP contribution in [0.25, 0.3) is 11.5 Å². The van der Waals surface area contributed by atoms with Crippen molar-refractivity contribution in [2.24, 2.45) is 0 Å². The summed E-state index contributed by atoms with van der Waals surface area (Å²) < 4.78 is 39.9. The topological polar surface area (TPSA) is 112 Å². The number of aromatic nitrogens is 1. The zero-order valence-corrected chi connectivity index (χ0v) is 11.3. The standard InChI is InChI=1S/C11H12N2O6S/c1-17-5-6-20(15,16)13-11(14)9-10(19-7-12-9)8-3-2-4-18-8/h2-4,7H,5-6H2,1H3,(H,13,14). The summed E-state index contributed by atoms with van der Waals surface area (Å²) in [5, 5.41) is 0. The van der Waals surface area contributed by atoms with Crippen molar-refractivity contribution in [1.82, 2.24) is 9.71 Å². The van der Waals surface area contributed by atoms with Gasteiger partial charge in [0.1, 0.15) is 0 Å². The molecule has 0 aliphatic rings. The molecule has 0 fully saturated rings. The molecule has 9 heteroatoms. The molecule has 1 N–H and O–H groups in total. The number of hydrogen-bond acceptors (Lipinski definition) is 7. The van der Waals surface area contributed by atoms with E-state index in [1.165, 1.54) is 13.4 Å². The number of furan rings is 1. The molecule has 0 spiro atoms. The predicted molar refractivity (Wildman–Crippen MR) is 67.3 cm³/mol. The van der Waals surface area contributed by atoms with Crippen molar-refractivity contribution in [2.45, 2.75) is 0 Å². The minimum absolute atomic E-state index is 0.0214. The number of carbonyl (C=O) groups excluding carboxylic acids is 1. The van der Waals surface area contributed by atoms with E-state index in [9.17, 15) is 13.2 Å². The maximum Gasteiger partial charge on any atom is 0.287 e. The SMILES string of the molecule is COCCS(=O)(=O)NC(=O)c1ncoc1-c1ccco1. The number of amides is 1. The van der Waals surface area contributed by atoms with Crippen molar-refractivity contribution in [3.05, 3.63) is 30.5 Å². The molecule has 1 amide bonds. The van der Waals surface area contributed by atoms with Crippen molar-refractivity contribution >= 4 is 15.9 Å². The lowest BCUT2D eigenvalue weighted by atomic mass is 10.3. The highest BCUT2D eigenvalue weighted by Gasteiger charge is 2.24. The average molecular weight is 300 g/mol. The average Bonchev–Trinajstić information content (AvgIpc) is 3.05. The second kappa shape index (κ2) is 5.88. The van der Waals surface area contributed by atoms with Crippen LogP contribution in [-0.4, -0.2) is 38.8 Å². The molecule has 0 aliphatic carbocycles.